The SMILES string of the molecule is Cc1c(Cl)ccc(S(=O)(=O)NCCCN2CCC[C@@H](C(N)=O)C2)c1Cl. The van der Waals surface area contributed by atoms with Crippen LogP contribution >= 0.6 is 23.2 Å². The van der Waals surface area contributed by atoms with Crippen molar-refractivity contribution in [1.82, 2.24) is 9.62 Å². The Labute approximate surface area is 158 Å². The van der Waals surface area contributed by atoms with Gasteiger partial charge in [-0.25, -0.2) is 13.1 Å². The number of hydrogen-bond donors (Lipinski definition) is 2. The Hall–Kier alpha value is -0.860. The van der Waals surface area contributed by atoms with E-state index in [0.717, 1.165) is 19.4 Å². The monoisotopic (exact) mass is 407 g/mol. The number of carbonyl (C=O) groups is 1. The minimum Gasteiger partial charge on any atom is -0.369 e. The topological polar surface area (TPSA) is 92.5 Å². The molecular weight excluding hydrogens is 385 g/mol. The van der Waals surface area contributed by atoms with Gasteiger partial charge in [-0.15, -0.1) is 0 Å². The number of piperidine rings is 1. The van der Waals surface area contributed by atoms with E-state index in [4.69, 9.17) is 28.9 Å². The summed E-state index contributed by atoms with van der Waals surface area (Å²) in [5, 5.41) is 0.568. The van der Waals surface area contributed by atoms with Crippen LogP contribution in [0.4, 0.5) is 0 Å². The third-order valence-corrected chi connectivity index (χ3v) is 6.94. The first kappa shape index (κ1) is 20.5. The van der Waals surface area contributed by atoms with Crippen molar-refractivity contribution < 1.29 is 13.2 Å². The highest BCUT2D eigenvalue weighted by Crippen LogP contribution is 2.30. The molecule has 0 spiro atoms. The van der Waals surface area contributed by atoms with Gasteiger partial charge >= 0.3 is 0 Å². The van der Waals surface area contributed by atoms with Gasteiger partial charge in [0.1, 0.15) is 4.90 Å². The van der Waals surface area contributed by atoms with Gasteiger partial charge in [0.25, 0.3) is 0 Å². The van der Waals surface area contributed by atoms with Gasteiger partial charge in [0.15, 0.2) is 0 Å². The second kappa shape index (κ2) is 8.68. The van der Waals surface area contributed by atoms with Gasteiger partial charge in [-0.1, -0.05) is 23.2 Å². The molecular formula is C16H23Cl2N3O3S. The number of sulfonamides is 1. The summed E-state index contributed by atoms with van der Waals surface area (Å²) < 4.78 is 27.4. The minimum absolute atomic E-state index is 0.0304. The van der Waals surface area contributed by atoms with Gasteiger partial charge < -0.3 is 10.6 Å². The molecule has 1 aromatic carbocycles. The number of primary amides is 1. The van der Waals surface area contributed by atoms with E-state index in [0.29, 0.717) is 30.1 Å². The summed E-state index contributed by atoms with van der Waals surface area (Å²) in [6.45, 7) is 4.22. The van der Waals surface area contributed by atoms with Gasteiger partial charge in [0.2, 0.25) is 15.9 Å². The second-order valence-corrected chi connectivity index (χ2v) is 8.80. The molecule has 9 heteroatoms. The van der Waals surface area contributed by atoms with Crippen LogP contribution in [0.15, 0.2) is 17.0 Å². The molecule has 25 heavy (non-hydrogen) atoms. The molecule has 0 unspecified atom stereocenters. The Balaban J connectivity index is 1.87. The lowest BCUT2D eigenvalue weighted by molar-refractivity contribution is -0.123. The van der Waals surface area contributed by atoms with E-state index in [9.17, 15) is 13.2 Å². The number of halogens is 2. The van der Waals surface area contributed by atoms with Crippen molar-refractivity contribution in [2.45, 2.75) is 31.1 Å². The lowest BCUT2D eigenvalue weighted by atomic mass is 9.97. The second-order valence-electron chi connectivity index (χ2n) is 6.28. The number of likely N-dealkylation sites (tertiary alicyclic amines) is 1. The molecule has 1 aliphatic rings. The van der Waals surface area contributed by atoms with Crippen molar-refractivity contribution in [2.75, 3.05) is 26.2 Å². The maximum Gasteiger partial charge on any atom is 0.242 e. The smallest absolute Gasteiger partial charge is 0.242 e. The van der Waals surface area contributed by atoms with Crippen LogP contribution in [0.3, 0.4) is 0 Å². The Morgan fingerprint density at radius 3 is 2.80 bits per heavy atom. The Bertz CT molecular complexity index is 740. The van der Waals surface area contributed by atoms with E-state index in [1.165, 1.54) is 12.1 Å². The van der Waals surface area contributed by atoms with Crippen LogP contribution < -0.4 is 10.5 Å². The molecule has 1 heterocycles. The highest BCUT2D eigenvalue weighted by molar-refractivity contribution is 7.89. The van der Waals surface area contributed by atoms with Crippen molar-refractivity contribution >= 4 is 39.1 Å². The molecule has 0 bridgehead atoms. The molecule has 1 atom stereocenters. The summed E-state index contributed by atoms with van der Waals surface area (Å²) in [4.78, 5) is 13.5. The molecule has 1 fully saturated rings. The van der Waals surface area contributed by atoms with E-state index < -0.39 is 10.0 Å². The number of benzene rings is 1. The lowest BCUT2D eigenvalue weighted by Crippen LogP contribution is -2.42. The van der Waals surface area contributed by atoms with E-state index in [2.05, 4.69) is 9.62 Å². The molecule has 1 amide bonds. The summed E-state index contributed by atoms with van der Waals surface area (Å²) >= 11 is 12.1. The minimum atomic E-state index is -3.69. The van der Waals surface area contributed by atoms with E-state index in [-0.39, 0.29) is 28.3 Å². The molecule has 2 rings (SSSR count). The molecule has 1 aromatic rings. The third-order valence-electron chi connectivity index (χ3n) is 4.43. The molecule has 0 saturated carbocycles. The van der Waals surface area contributed by atoms with Crippen LogP contribution in [0.2, 0.25) is 10.0 Å². The quantitative estimate of drug-likeness (QED) is 0.677. The molecule has 1 saturated heterocycles. The first-order valence-electron chi connectivity index (χ1n) is 8.18. The first-order valence-corrected chi connectivity index (χ1v) is 10.4. The maximum absolute atomic E-state index is 12.4. The third kappa shape index (κ3) is 5.31. The molecule has 140 valence electrons. The summed E-state index contributed by atoms with van der Waals surface area (Å²) in [5.41, 5.74) is 5.90. The average Bonchev–Trinajstić information content (AvgIpc) is 2.56. The van der Waals surface area contributed by atoms with Gasteiger partial charge in [-0.05, 0) is 57.0 Å². The Morgan fingerprint density at radius 1 is 1.40 bits per heavy atom. The zero-order valence-corrected chi connectivity index (χ0v) is 16.4. The molecule has 1 aliphatic heterocycles. The van der Waals surface area contributed by atoms with Crippen LogP contribution in [-0.4, -0.2) is 45.4 Å². The number of nitrogens with one attached hydrogen (secondary N) is 1. The van der Waals surface area contributed by atoms with E-state index in [1.807, 2.05) is 0 Å². The maximum atomic E-state index is 12.4. The van der Waals surface area contributed by atoms with Crippen LogP contribution in [0.1, 0.15) is 24.8 Å². The predicted octanol–water partition coefficient (Wildman–Crippen LogP) is 2.17. The van der Waals surface area contributed by atoms with E-state index in [1.54, 1.807) is 6.92 Å². The standard InChI is InChI=1S/C16H23Cl2N3O3S/c1-11-13(17)5-6-14(15(11)18)25(23,24)20-7-3-9-21-8-2-4-12(10-21)16(19)22/h5-6,12,20H,2-4,7-10H2,1H3,(H2,19,22)/t12-/m1/s1. The van der Waals surface area contributed by atoms with Gasteiger partial charge in [-0.3, -0.25) is 4.79 Å². The van der Waals surface area contributed by atoms with Crippen molar-refractivity contribution in [1.29, 1.82) is 0 Å². The van der Waals surface area contributed by atoms with Gasteiger partial charge in [-0.2, -0.15) is 0 Å². The molecule has 3 N–H and O–H groups in total. The Kier molecular flexibility index (Phi) is 7.10. The van der Waals surface area contributed by atoms with Crippen molar-refractivity contribution in [3.05, 3.63) is 27.7 Å². The van der Waals surface area contributed by atoms with Crippen LogP contribution in [0, 0.1) is 12.8 Å². The summed E-state index contributed by atoms with van der Waals surface area (Å²) in [7, 11) is -3.69. The highest BCUT2D eigenvalue weighted by atomic mass is 35.5. The average molecular weight is 408 g/mol. The zero-order chi connectivity index (χ0) is 18.6. The van der Waals surface area contributed by atoms with Crippen molar-refractivity contribution in [2.24, 2.45) is 11.7 Å². The number of hydrogen-bond acceptors (Lipinski definition) is 4. The zero-order valence-electron chi connectivity index (χ0n) is 14.1. The number of nitrogens with zero attached hydrogens (tertiary/aromatic N) is 1. The predicted molar refractivity (Wildman–Crippen MR) is 99.4 cm³/mol. The highest BCUT2D eigenvalue weighted by Gasteiger charge is 2.24. The van der Waals surface area contributed by atoms with Crippen LogP contribution in [0.5, 0.6) is 0 Å². The fourth-order valence-corrected chi connectivity index (χ4v) is 4.80. The molecule has 0 radical (unpaired) electrons. The van der Waals surface area contributed by atoms with E-state index >= 15 is 0 Å². The summed E-state index contributed by atoms with van der Waals surface area (Å²) in [6.07, 6.45) is 2.39. The van der Waals surface area contributed by atoms with Gasteiger partial charge in [0.05, 0.1) is 10.9 Å². The van der Waals surface area contributed by atoms with Crippen LogP contribution in [-0.2, 0) is 14.8 Å². The number of rotatable bonds is 7. The molecule has 0 aliphatic carbocycles. The fourth-order valence-electron chi connectivity index (χ4n) is 2.92. The van der Waals surface area contributed by atoms with Gasteiger partial charge in [0, 0.05) is 18.1 Å². The lowest BCUT2D eigenvalue weighted by Gasteiger charge is -2.31. The number of carbonyl (C=O) groups excluding carboxylic acids is 1. The molecule has 0 aromatic heterocycles. The normalized spacial score (nSPS) is 19.1. The summed E-state index contributed by atoms with van der Waals surface area (Å²) in [6, 6.07) is 2.93. The largest absolute Gasteiger partial charge is 0.369 e. The van der Waals surface area contributed by atoms with Crippen LogP contribution in [0.25, 0.3) is 0 Å². The van der Waals surface area contributed by atoms with Crippen molar-refractivity contribution in [3.63, 3.8) is 0 Å². The number of amides is 1. The molecule has 6 nitrogen and oxygen atoms in total. The Morgan fingerprint density at radius 2 is 2.12 bits per heavy atom. The first-order chi connectivity index (χ1) is 11.7. The number of nitrogens with two attached hydrogens (primary N) is 1. The van der Waals surface area contributed by atoms with Crippen molar-refractivity contribution in [3.8, 4) is 0 Å². The summed E-state index contributed by atoms with van der Waals surface area (Å²) in [5.74, 6) is -0.376. The fraction of sp³-hybridized carbons (Fsp3) is 0.562.